The molecule has 4 aliphatic rings. The summed E-state index contributed by atoms with van der Waals surface area (Å²) in [6.07, 6.45) is -4.47. The molecule has 49 heavy (non-hydrogen) atoms. The molecule has 10 nitrogen and oxygen atoms in total. The summed E-state index contributed by atoms with van der Waals surface area (Å²) < 4.78 is 45.2. The van der Waals surface area contributed by atoms with Gasteiger partial charge in [-0.15, -0.1) is 0 Å². The molecule has 11 heteroatoms. The second kappa shape index (κ2) is 12.5. The number of ether oxygens (including phenoxy) is 7. The molecule has 3 saturated carbocycles. The first kappa shape index (κ1) is 37.5. The Morgan fingerprint density at radius 3 is 1.51 bits per heavy atom. The lowest BCUT2D eigenvalue weighted by Crippen LogP contribution is -2.67. The average Bonchev–Trinajstić information content (AvgIpc) is 3.51. The minimum absolute atomic E-state index is 0.130. The summed E-state index contributed by atoms with van der Waals surface area (Å²) >= 11 is 5.59. The molecule has 3 aliphatic carbocycles. The van der Waals surface area contributed by atoms with Crippen LogP contribution in [0.25, 0.3) is 0 Å². The Morgan fingerprint density at radius 2 is 1.12 bits per heavy atom. The highest BCUT2D eigenvalue weighted by Gasteiger charge is 2.77. The van der Waals surface area contributed by atoms with Gasteiger partial charge in [-0.25, -0.2) is 0 Å². The van der Waals surface area contributed by atoms with Crippen LogP contribution in [0.15, 0.2) is 30.3 Å². The first-order valence-corrected chi connectivity index (χ1v) is 17.7. The smallest absolute Gasteiger partial charge is 0.358 e. The molecule has 0 aromatic heterocycles. The van der Waals surface area contributed by atoms with Crippen LogP contribution in [0.2, 0.25) is 0 Å². The number of carbonyl (C=O) groups is 3. The summed E-state index contributed by atoms with van der Waals surface area (Å²) in [5.74, 6) is -2.00. The van der Waals surface area contributed by atoms with Crippen LogP contribution in [-0.2, 0) is 42.8 Å². The van der Waals surface area contributed by atoms with Crippen molar-refractivity contribution in [2.24, 2.45) is 33.0 Å². The van der Waals surface area contributed by atoms with Gasteiger partial charge in [0.2, 0.25) is 0 Å². The first-order valence-electron chi connectivity index (χ1n) is 17.3. The summed E-state index contributed by atoms with van der Waals surface area (Å²) in [6, 6.07) is 8.83. The van der Waals surface area contributed by atoms with Gasteiger partial charge in [0.05, 0.1) is 16.2 Å². The molecular weight excluding hydrogens is 648 g/mol. The monoisotopic (exact) mass is 702 g/mol. The SMILES string of the molecule is CC(C)(C)C(=O)O[C@H]1[C@H](OC(=O)C(C)(C)C)[C@H]2O[C@@]3(C[C@H]4CC[C@]3(C)C4(C)C)O[C@H]2[C@@H](OC(=O)C(C)(C)C)[C@@H]1OC(=S)Oc1ccccc1. The Hall–Kier alpha value is -2.76. The van der Waals surface area contributed by atoms with E-state index in [0.29, 0.717) is 18.1 Å². The number of fused-ring (bicyclic) bond motifs is 4. The molecule has 1 heterocycles. The molecule has 1 aromatic carbocycles. The topological polar surface area (TPSA) is 116 Å². The van der Waals surface area contributed by atoms with Crippen molar-refractivity contribution in [3.05, 3.63) is 30.3 Å². The van der Waals surface area contributed by atoms with Crippen molar-refractivity contribution < 1.29 is 47.5 Å². The maximum absolute atomic E-state index is 13.7. The van der Waals surface area contributed by atoms with Gasteiger partial charge in [0.15, 0.2) is 30.2 Å². The van der Waals surface area contributed by atoms with Crippen LogP contribution < -0.4 is 4.74 Å². The zero-order valence-electron chi connectivity index (χ0n) is 31.0. The van der Waals surface area contributed by atoms with Crippen molar-refractivity contribution in [2.75, 3.05) is 0 Å². The largest absolute Gasteiger partial charge is 0.455 e. The van der Waals surface area contributed by atoms with Crippen molar-refractivity contribution in [2.45, 2.75) is 145 Å². The normalized spacial score (nSPS) is 35.0. The number of benzene rings is 1. The number of para-hydroxylation sites is 1. The zero-order valence-corrected chi connectivity index (χ0v) is 31.9. The van der Waals surface area contributed by atoms with E-state index >= 15 is 0 Å². The van der Waals surface area contributed by atoms with Crippen molar-refractivity contribution in [3.63, 3.8) is 0 Å². The van der Waals surface area contributed by atoms with Crippen molar-refractivity contribution in [1.29, 1.82) is 0 Å². The van der Waals surface area contributed by atoms with Gasteiger partial charge in [0.1, 0.15) is 18.0 Å². The first-order chi connectivity index (χ1) is 22.4. The Kier molecular flexibility index (Phi) is 9.55. The number of hydrogen-bond donors (Lipinski definition) is 0. The lowest BCUT2D eigenvalue weighted by atomic mass is 9.68. The van der Waals surface area contributed by atoms with Crippen LogP contribution in [0.4, 0.5) is 0 Å². The fraction of sp³-hybridized carbons (Fsp3) is 0.737. The summed E-state index contributed by atoms with van der Waals surface area (Å²) in [7, 11) is 0. The highest BCUT2D eigenvalue weighted by molar-refractivity contribution is 7.79. The van der Waals surface area contributed by atoms with Gasteiger partial charge in [-0.05, 0) is 98.6 Å². The fourth-order valence-electron chi connectivity index (χ4n) is 7.56. The van der Waals surface area contributed by atoms with E-state index in [1.54, 1.807) is 86.6 Å². The Balaban J connectivity index is 1.65. The minimum Gasteiger partial charge on any atom is -0.455 e. The van der Waals surface area contributed by atoms with Crippen LogP contribution in [-0.4, -0.2) is 65.6 Å². The van der Waals surface area contributed by atoms with E-state index in [9.17, 15) is 14.4 Å². The van der Waals surface area contributed by atoms with Gasteiger partial charge in [0, 0.05) is 24.1 Å². The van der Waals surface area contributed by atoms with E-state index in [1.165, 1.54) is 0 Å². The number of hydrogen-bond acceptors (Lipinski definition) is 11. The molecule has 5 rings (SSSR count). The lowest BCUT2D eigenvalue weighted by Gasteiger charge is -2.46. The molecule has 0 amide bonds. The molecule has 0 unspecified atom stereocenters. The number of carbonyl (C=O) groups excluding carboxylic acids is 3. The van der Waals surface area contributed by atoms with Gasteiger partial charge in [0.25, 0.3) is 0 Å². The predicted octanol–water partition coefficient (Wildman–Crippen LogP) is 6.95. The average molecular weight is 703 g/mol. The number of esters is 3. The van der Waals surface area contributed by atoms with Crippen LogP contribution in [0, 0.1) is 33.0 Å². The Labute approximate surface area is 296 Å². The zero-order chi connectivity index (χ0) is 36.5. The highest BCUT2D eigenvalue weighted by Crippen LogP contribution is 2.73. The van der Waals surface area contributed by atoms with Crippen LogP contribution in [0.1, 0.15) is 102 Å². The standard InChI is InChI=1S/C38H54O10S/c1-33(2,3)29(39)43-23-24(46-32(49)42-22-16-14-13-15-17-22)26(45-31(41)35(7,8)9)28-27(25(23)44-30(40)34(4,5)6)47-38(48-28)20-21-18-19-37(38,12)36(21,10)11/h13-17,21,23-28H,18-20H2,1-12H3/t21-,23-,24-,25+,26+,27-,28+,37-,38+/m1/s1. The lowest BCUT2D eigenvalue weighted by molar-refractivity contribution is -0.258. The highest BCUT2D eigenvalue weighted by atomic mass is 32.1. The summed E-state index contributed by atoms with van der Waals surface area (Å²) in [6.45, 7) is 22.3. The van der Waals surface area contributed by atoms with E-state index in [4.69, 9.17) is 45.4 Å². The Morgan fingerprint density at radius 1 is 0.694 bits per heavy atom. The summed E-state index contributed by atoms with van der Waals surface area (Å²) in [4.78, 5) is 41.1. The van der Waals surface area contributed by atoms with Gasteiger partial charge in [-0.2, -0.15) is 0 Å². The van der Waals surface area contributed by atoms with E-state index in [1.807, 2.05) is 6.07 Å². The molecule has 1 saturated heterocycles. The van der Waals surface area contributed by atoms with E-state index in [0.717, 1.165) is 12.8 Å². The van der Waals surface area contributed by atoms with E-state index in [2.05, 4.69) is 20.8 Å². The summed E-state index contributed by atoms with van der Waals surface area (Å²) in [5, 5.41) is -0.300. The maximum Gasteiger partial charge on any atom is 0.358 e. The van der Waals surface area contributed by atoms with Crippen LogP contribution in [0.5, 0.6) is 5.75 Å². The maximum atomic E-state index is 13.7. The van der Waals surface area contributed by atoms with E-state index in [-0.39, 0.29) is 10.7 Å². The molecule has 0 N–H and O–H groups in total. The summed E-state index contributed by atoms with van der Waals surface area (Å²) in [5.41, 5.74) is -3.32. The Bertz CT molecular complexity index is 1450. The fourth-order valence-corrected chi connectivity index (χ4v) is 7.76. The van der Waals surface area contributed by atoms with Crippen LogP contribution in [0.3, 0.4) is 0 Å². The quantitative estimate of drug-likeness (QED) is 0.180. The molecular formula is C38H54O10S. The third-order valence-electron chi connectivity index (χ3n) is 11.1. The third-order valence-corrected chi connectivity index (χ3v) is 11.3. The molecule has 0 radical (unpaired) electrons. The second-order valence-corrected chi connectivity index (χ2v) is 18.4. The van der Waals surface area contributed by atoms with Gasteiger partial charge >= 0.3 is 23.1 Å². The van der Waals surface area contributed by atoms with Gasteiger partial charge < -0.3 is 33.2 Å². The molecule has 9 atom stereocenters. The minimum atomic E-state index is -1.33. The predicted molar refractivity (Wildman–Crippen MR) is 184 cm³/mol. The van der Waals surface area contributed by atoms with Crippen molar-refractivity contribution >= 4 is 35.4 Å². The molecule has 4 fully saturated rings. The van der Waals surface area contributed by atoms with Crippen molar-refractivity contribution in [3.8, 4) is 5.75 Å². The second-order valence-electron chi connectivity index (χ2n) is 18.0. The third kappa shape index (κ3) is 6.71. The van der Waals surface area contributed by atoms with Gasteiger partial charge in [-0.3, -0.25) is 14.4 Å². The molecule has 272 valence electrons. The van der Waals surface area contributed by atoms with Crippen molar-refractivity contribution in [1.82, 2.24) is 0 Å². The number of rotatable bonds is 5. The van der Waals surface area contributed by atoms with E-state index < -0.39 is 82.0 Å². The number of thiocarbonyl (C=S) groups is 1. The molecule has 1 aromatic rings. The van der Waals surface area contributed by atoms with Gasteiger partial charge in [-0.1, -0.05) is 39.0 Å². The molecule has 1 spiro atoms. The molecule has 1 aliphatic heterocycles. The molecule has 2 bridgehead atoms. The van der Waals surface area contributed by atoms with Crippen LogP contribution >= 0.6 is 12.2 Å².